The minimum atomic E-state index is -0.0116. The molecule has 0 aliphatic carbocycles. The number of nitrogen functional groups attached to an aromatic ring is 1. The molecule has 0 aliphatic heterocycles. The zero-order chi connectivity index (χ0) is 14.2. The minimum Gasteiger partial charge on any atom is -0.383 e. The fourth-order valence-electron chi connectivity index (χ4n) is 2.44. The predicted octanol–water partition coefficient (Wildman–Crippen LogP) is 3.53. The molecule has 0 saturated carbocycles. The summed E-state index contributed by atoms with van der Waals surface area (Å²) in [5.41, 5.74) is 9.58. The van der Waals surface area contributed by atoms with Crippen molar-refractivity contribution >= 4 is 5.82 Å². The Balaban J connectivity index is 2.64. The van der Waals surface area contributed by atoms with Gasteiger partial charge in [0.25, 0.3) is 0 Å². The summed E-state index contributed by atoms with van der Waals surface area (Å²) in [6.45, 7) is 8.63. The number of hydrogen-bond acceptors (Lipinski definition) is 2. The summed E-state index contributed by atoms with van der Waals surface area (Å²) in [6, 6.07) is 8.34. The zero-order valence-corrected chi connectivity index (χ0v) is 12.5. The van der Waals surface area contributed by atoms with E-state index in [9.17, 15) is 0 Å². The predicted molar refractivity (Wildman–Crippen MR) is 81.1 cm³/mol. The quantitative estimate of drug-likeness (QED) is 0.894. The Morgan fingerprint density at radius 3 is 2.37 bits per heavy atom. The van der Waals surface area contributed by atoms with E-state index in [2.05, 4.69) is 45.9 Å². The van der Waals surface area contributed by atoms with Gasteiger partial charge in [-0.1, -0.05) is 52.0 Å². The molecule has 0 bridgehead atoms. The summed E-state index contributed by atoms with van der Waals surface area (Å²) in [5, 5.41) is 0. The van der Waals surface area contributed by atoms with Crippen LogP contribution in [0.1, 0.15) is 39.1 Å². The standard InChI is InChI=1S/C16H23N3/c1-6-11-9-7-8-10-12(11)13-14(17)19(5)15(18-13)16(2,3)4/h7-10H,6,17H2,1-5H3. The highest BCUT2D eigenvalue weighted by molar-refractivity contribution is 5.74. The molecule has 102 valence electrons. The molecule has 2 rings (SSSR count). The molecule has 0 unspecified atom stereocenters. The van der Waals surface area contributed by atoms with Crippen LogP contribution in [0.25, 0.3) is 11.3 Å². The summed E-state index contributed by atoms with van der Waals surface area (Å²) in [5.74, 6) is 1.76. The van der Waals surface area contributed by atoms with Crippen LogP contribution in [0, 0.1) is 0 Å². The SMILES string of the molecule is CCc1ccccc1-c1nc(C(C)(C)C)n(C)c1N. The van der Waals surface area contributed by atoms with Crippen LogP contribution in [-0.4, -0.2) is 9.55 Å². The van der Waals surface area contributed by atoms with Crippen LogP contribution < -0.4 is 5.73 Å². The lowest BCUT2D eigenvalue weighted by molar-refractivity contribution is 0.524. The highest BCUT2D eigenvalue weighted by atomic mass is 15.1. The third-order valence-electron chi connectivity index (χ3n) is 3.46. The summed E-state index contributed by atoms with van der Waals surface area (Å²) in [4.78, 5) is 4.80. The molecule has 3 heteroatoms. The Labute approximate surface area is 115 Å². The van der Waals surface area contributed by atoms with Gasteiger partial charge in [0, 0.05) is 18.0 Å². The number of aryl methyl sites for hydroxylation is 1. The van der Waals surface area contributed by atoms with Crippen molar-refractivity contribution in [3.63, 3.8) is 0 Å². The first-order valence-electron chi connectivity index (χ1n) is 6.77. The minimum absolute atomic E-state index is 0.0116. The summed E-state index contributed by atoms with van der Waals surface area (Å²) >= 11 is 0. The molecular formula is C16H23N3. The average Bonchev–Trinajstić information content (AvgIpc) is 2.66. The highest BCUT2D eigenvalue weighted by Crippen LogP contribution is 2.32. The van der Waals surface area contributed by atoms with Crippen LogP contribution in [0.3, 0.4) is 0 Å². The first-order chi connectivity index (χ1) is 8.86. The molecule has 0 fully saturated rings. The number of anilines is 1. The van der Waals surface area contributed by atoms with Gasteiger partial charge in [-0.15, -0.1) is 0 Å². The lowest BCUT2D eigenvalue weighted by atomic mass is 9.96. The van der Waals surface area contributed by atoms with Crippen LogP contribution in [0.15, 0.2) is 24.3 Å². The third kappa shape index (κ3) is 2.37. The molecule has 0 spiro atoms. The van der Waals surface area contributed by atoms with Crippen LogP contribution in [0.5, 0.6) is 0 Å². The van der Waals surface area contributed by atoms with Crippen LogP contribution in [0.2, 0.25) is 0 Å². The van der Waals surface area contributed by atoms with Gasteiger partial charge in [-0.2, -0.15) is 0 Å². The van der Waals surface area contributed by atoms with Crippen LogP contribution in [-0.2, 0) is 18.9 Å². The van der Waals surface area contributed by atoms with Gasteiger partial charge in [-0.25, -0.2) is 4.98 Å². The number of hydrogen-bond donors (Lipinski definition) is 1. The van der Waals surface area contributed by atoms with Gasteiger partial charge >= 0.3 is 0 Å². The fraction of sp³-hybridized carbons (Fsp3) is 0.438. The molecule has 2 aromatic rings. The van der Waals surface area contributed by atoms with E-state index in [1.165, 1.54) is 5.56 Å². The Kier molecular flexibility index (Phi) is 3.40. The summed E-state index contributed by atoms with van der Waals surface area (Å²) in [7, 11) is 1.99. The van der Waals surface area contributed by atoms with E-state index in [1.54, 1.807) is 0 Å². The number of benzene rings is 1. The Bertz CT molecular complexity index is 589. The van der Waals surface area contributed by atoms with Crippen molar-refractivity contribution in [2.24, 2.45) is 7.05 Å². The molecule has 0 aliphatic rings. The maximum Gasteiger partial charge on any atom is 0.131 e. The van der Waals surface area contributed by atoms with Gasteiger partial charge in [0.15, 0.2) is 0 Å². The molecule has 3 nitrogen and oxygen atoms in total. The number of nitrogens with zero attached hydrogens (tertiary/aromatic N) is 2. The van der Waals surface area contributed by atoms with Crippen molar-refractivity contribution in [2.45, 2.75) is 39.5 Å². The van der Waals surface area contributed by atoms with Crippen molar-refractivity contribution in [1.29, 1.82) is 0 Å². The second-order valence-corrected chi connectivity index (χ2v) is 5.99. The smallest absolute Gasteiger partial charge is 0.131 e. The molecule has 1 heterocycles. The van der Waals surface area contributed by atoms with Crippen molar-refractivity contribution < 1.29 is 0 Å². The molecule has 0 atom stereocenters. The average molecular weight is 257 g/mol. The fourth-order valence-corrected chi connectivity index (χ4v) is 2.44. The number of aromatic nitrogens is 2. The van der Waals surface area contributed by atoms with Crippen molar-refractivity contribution in [1.82, 2.24) is 9.55 Å². The Hall–Kier alpha value is -1.77. The van der Waals surface area contributed by atoms with E-state index in [0.29, 0.717) is 0 Å². The van der Waals surface area contributed by atoms with Crippen LogP contribution >= 0.6 is 0 Å². The molecule has 0 radical (unpaired) electrons. The molecule has 19 heavy (non-hydrogen) atoms. The van der Waals surface area contributed by atoms with E-state index < -0.39 is 0 Å². The largest absolute Gasteiger partial charge is 0.383 e. The summed E-state index contributed by atoms with van der Waals surface area (Å²) in [6.07, 6.45) is 0.983. The van der Waals surface area contributed by atoms with Crippen LogP contribution in [0.4, 0.5) is 5.82 Å². The maximum absolute atomic E-state index is 6.26. The molecular weight excluding hydrogens is 234 g/mol. The van der Waals surface area contributed by atoms with E-state index in [0.717, 1.165) is 29.3 Å². The zero-order valence-electron chi connectivity index (χ0n) is 12.5. The first-order valence-corrected chi connectivity index (χ1v) is 6.77. The van der Waals surface area contributed by atoms with Crippen molar-refractivity contribution in [3.8, 4) is 11.3 Å². The molecule has 1 aromatic carbocycles. The number of nitrogens with two attached hydrogens (primary N) is 1. The van der Waals surface area contributed by atoms with Gasteiger partial charge in [0.1, 0.15) is 17.3 Å². The second-order valence-electron chi connectivity index (χ2n) is 5.99. The monoisotopic (exact) mass is 257 g/mol. The maximum atomic E-state index is 6.26. The number of rotatable bonds is 2. The first kappa shape index (κ1) is 13.7. The normalized spacial score (nSPS) is 11.8. The van der Waals surface area contributed by atoms with Gasteiger partial charge in [0.2, 0.25) is 0 Å². The molecule has 1 aromatic heterocycles. The lowest BCUT2D eigenvalue weighted by Gasteiger charge is -2.17. The van der Waals surface area contributed by atoms with E-state index in [4.69, 9.17) is 10.7 Å². The Morgan fingerprint density at radius 1 is 1.21 bits per heavy atom. The van der Waals surface area contributed by atoms with Gasteiger partial charge in [0.05, 0.1) is 0 Å². The molecule has 2 N–H and O–H groups in total. The van der Waals surface area contributed by atoms with E-state index >= 15 is 0 Å². The third-order valence-corrected chi connectivity index (χ3v) is 3.46. The molecule has 0 amide bonds. The highest BCUT2D eigenvalue weighted by Gasteiger charge is 2.24. The second kappa shape index (κ2) is 4.72. The van der Waals surface area contributed by atoms with Crippen molar-refractivity contribution in [3.05, 3.63) is 35.7 Å². The molecule has 0 saturated heterocycles. The Morgan fingerprint density at radius 2 is 1.84 bits per heavy atom. The summed E-state index contributed by atoms with van der Waals surface area (Å²) < 4.78 is 2.00. The topological polar surface area (TPSA) is 43.8 Å². The van der Waals surface area contributed by atoms with Gasteiger partial charge in [-0.05, 0) is 12.0 Å². The van der Waals surface area contributed by atoms with E-state index in [-0.39, 0.29) is 5.41 Å². The number of imidazole rings is 1. The van der Waals surface area contributed by atoms with Crippen molar-refractivity contribution in [2.75, 3.05) is 5.73 Å². The lowest BCUT2D eigenvalue weighted by Crippen LogP contribution is -2.17. The van der Waals surface area contributed by atoms with E-state index in [1.807, 2.05) is 17.7 Å². The van der Waals surface area contributed by atoms with Gasteiger partial charge in [-0.3, -0.25) is 0 Å². The van der Waals surface area contributed by atoms with Gasteiger partial charge < -0.3 is 10.3 Å².